The maximum atomic E-state index is 11.9. The molecule has 0 saturated heterocycles. The Bertz CT molecular complexity index is 775. The van der Waals surface area contributed by atoms with Gasteiger partial charge in [-0.15, -0.1) is 0 Å². The van der Waals surface area contributed by atoms with E-state index in [4.69, 9.17) is 14.7 Å². The highest BCUT2D eigenvalue weighted by Gasteiger charge is 2.11. The molecule has 128 valence electrons. The van der Waals surface area contributed by atoms with E-state index in [1.165, 1.54) is 0 Å². The number of hydrogen-bond donors (Lipinski definition) is 1. The van der Waals surface area contributed by atoms with Crippen molar-refractivity contribution in [2.75, 3.05) is 11.9 Å². The number of nitriles is 1. The topological polar surface area (TPSA) is 88.4 Å². The number of hydrogen-bond acceptors (Lipinski definition) is 5. The third-order valence-corrected chi connectivity index (χ3v) is 3.09. The van der Waals surface area contributed by atoms with E-state index in [9.17, 15) is 9.59 Å². The minimum atomic E-state index is -0.592. The Morgan fingerprint density at radius 3 is 2.28 bits per heavy atom. The first-order chi connectivity index (χ1) is 12.0. The van der Waals surface area contributed by atoms with Gasteiger partial charge in [-0.2, -0.15) is 5.26 Å². The average Bonchev–Trinajstić information content (AvgIpc) is 2.60. The highest BCUT2D eigenvalue weighted by atomic mass is 16.5. The predicted molar refractivity (Wildman–Crippen MR) is 92.3 cm³/mol. The molecular weight excluding hydrogens is 320 g/mol. The van der Waals surface area contributed by atoms with Gasteiger partial charge in [0.25, 0.3) is 5.91 Å². The molecule has 0 fully saturated rings. The van der Waals surface area contributed by atoms with Crippen LogP contribution in [0.4, 0.5) is 5.69 Å². The number of rotatable bonds is 6. The summed E-state index contributed by atoms with van der Waals surface area (Å²) in [5, 5.41) is 11.3. The van der Waals surface area contributed by atoms with Gasteiger partial charge in [0.05, 0.1) is 23.3 Å². The molecule has 0 aliphatic rings. The number of nitrogens with one attached hydrogen (secondary N) is 1. The van der Waals surface area contributed by atoms with Gasteiger partial charge in [0.2, 0.25) is 0 Å². The van der Waals surface area contributed by atoms with Crippen molar-refractivity contribution in [3.63, 3.8) is 0 Å². The first kappa shape index (κ1) is 18.0. The fraction of sp³-hybridized carbons (Fsp3) is 0.211. The second-order valence-corrected chi connectivity index (χ2v) is 5.50. The molecule has 0 unspecified atom stereocenters. The molecule has 0 aliphatic heterocycles. The monoisotopic (exact) mass is 338 g/mol. The predicted octanol–water partition coefficient (Wildman–Crippen LogP) is 3.14. The number of amides is 1. The Hall–Kier alpha value is -3.33. The average molecular weight is 338 g/mol. The molecule has 1 N–H and O–H groups in total. The Morgan fingerprint density at radius 1 is 1.08 bits per heavy atom. The lowest BCUT2D eigenvalue weighted by molar-refractivity contribution is -0.119. The fourth-order valence-corrected chi connectivity index (χ4v) is 1.98. The molecule has 0 atom stereocenters. The third-order valence-electron chi connectivity index (χ3n) is 3.09. The Morgan fingerprint density at radius 2 is 1.72 bits per heavy atom. The summed E-state index contributed by atoms with van der Waals surface area (Å²) in [6.45, 7) is 3.42. The highest BCUT2D eigenvalue weighted by molar-refractivity contribution is 5.95. The summed E-state index contributed by atoms with van der Waals surface area (Å²) in [6.07, 6.45) is 0.0451. The molecule has 2 aromatic carbocycles. The van der Waals surface area contributed by atoms with Gasteiger partial charge in [0.15, 0.2) is 6.61 Å². The van der Waals surface area contributed by atoms with Crippen molar-refractivity contribution in [1.29, 1.82) is 5.26 Å². The number of carbonyl (C=O) groups excluding carboxylic acids is 2. The summed E-state index contributed by atoms with van der Waals surface area (Å²) in [5.41, 5.74) is 1.35. The van der Waals surface area contributed by atoms with E-state index >= 15 is 0 Å². The summed E-state index contributed by atoms with van der Waals surface area (Å²) < 4.78 is 10.5. The summed E-state index contributed by atoms with van der Waals surface area (Å²) in [7, 11) is 0. The van der Waals surface area contributed by atoms with E-state index in [1.807, 2.05) is 19.9 Å². The smallest absolute Gasteiger partial charge is 0.338 e. The van der Waals surface area contributed by atoms with Crippen molar-refractivity contribution in [2.45, 2.75) is 20.0 Å². The normalized spacial score (nSPS) is 10.0. The van der Waals surface area contributed by atoms with Gasteiger partial charge in [0, 0.05) is 5.69 Å². The summed E-state index contributed by atoms with van der Waals surface area (Å²) in [6, 6.07) is 14.9. The summed E-state index contributed by atoms with van der Waals surface area (Å²) in [5.74, 6) is -0.394. The lowest BCUT2D eigenvalue weighted by Crippen LogP contribution is -2.20. The van der Waals surface area contributed by atoms with Gasteiger partial charge in [-0.1, -0.05) is 0 Å². The van der Waals surface area contributed by atoms with Crippen LogP contribution in [0.3, 0.4) is 0 Å². The molecule has 0 aromatic heterocycles. The third kappa shape index (κ3) is 5.66. The van der Waals surface area contributed by atoms with Gasteiger partial charge in [-0.3, -0.25) is 4.79 Å². The lowest BCUT2D eigenvalue weighted by Gasteiger charge is -2.10. The van der Waals surface area contributed by atoms with E-state index in [0.717, 1.165) is 0 Å². The zero-order chi connectivity index (χ0) is 18.2. The number of ether oxygens (including phenoxy) is 2. The van der Waals surface area contributed by atoms with Crippen LogP contribution >= 0.6 is 0 Å². The van der Waals surface area contributed by atoms with Crippen molar-refractivity contribution >= 4 is 17.6 Å². The van der Waals surface area contributed by atoms with Crippen molar-refractivity contribution in [3.8, 4) is 11.8 Å². The van der Waals surface area contributed by atoms with E-state index in [1.54, 1.807) is 48.5 Å². The maximum Gasteiger partial charge on any atom is 0.338 e. The Balaban J connectivity index is 1.84. The van der Waals surface area contributed by atoms with Gasteiger partial charge in [-0.25, -0.2) is 4.79 Å². The molecule has 0 heterocycles. The van der Waals surface area contributed by atoms with Gasteiger partial charge < -0.3 is 14.8 Å². The highest BCUT2D eigenvalue weighted by Crippen LogP contribution is 2.14. The molecule has 2 rings (SSSR count). The molecule has 6 nitrogen and oxygen atoms in total. The molecular formula is C19H18N2O4. The number of anilines is 1. The second-order valence-electron chi connectivity index (χ2n) is 5.50. The number of nitrogens with zero attached hydrogens (tertiary/aromatic N) is 1. The van der Waals surface area contributed by atoms with Crippen molar-refractivity contribution < 1.29 is 19.1 Å². The lowest BCUT2D eigenvalue weighted by atomic mass is 10.2. The summed E-state index contributed by atoms with van der Waals surface area (Å²) in [4.78, 5) is 23.7. The van der Waals surface area contributed by atoms with Gasteiger partial charge in [-0.05, 0) is 62.4 Å². The fourth-order valence-electron chi connectivity index (χ4n) is 1.98. The van der Waals surface area contributed by atoms with Crippen LogP contribution in [0.1, 0.15) is 29.8 Å². The molecule has 6 heteroatoms. The number of benzene rings is 2. The SMILES string of the molecule is CC(C)Oc1ccc(C(=O)OCC(=O)Nc2ccc(C#N)cc2)cc1. The van der Waals surface area contributed by atoms with Crippen LogP contribution in [-0.2, 0) is 9.53 Å². The van der Waals surface area contributed by atoms with Crippen LogP contribution in [0.25, 0.3) is 0 Å². The van der Waals surface area contributed by atoms with E-state index in [-0.39, 0.29) is 6.10 Å². The number of carbonyl (C=O) groups is 2. The van der Waals surface area contributed by atoms with Crippen LogP contribution in [0.5, 0.6) is 5.75 Å². The zero-order valence-electron chi connectivity index (χ0n) is 14.0. The Labute approximate surface area is 146 Å². The molecule has 0 radical (unpaired) electrons. The molecule has 2 aromatic rings. The van der Waals surface area contributed by atoms with E-state index < -0.39 is 18.5 Å². The minimum Gasteiger partial charge on any atom is -0.491 e. The van der Waals surface area contributed by atoms with E-state index in [0.29, 0.717) is 22.6 Å². The quantitative estimate of drug-likeness (QED) is 0.818. The molecule has 0 bridgehead atoms. The van der Waals surface area contributed by atoms with Gasteiger partial charge >= 0.3 is 5.97 Å². The van der Waals surface area contributed by atoms with Crippen LogP contribution in [0, 0.1) is 11.3 Å². The van der Waals surface area contributed by atoms with Crippen LogP contribution in [-0.4, -0.2) is 24.6 Å². The molecule has 25 heavy (non-hydrogen) atoms. The minimum absolute atomic E-state index is 0.0451. The standard InChI is InChI=1S/C19H18N2O4/c1-13(2)25-17-9-5-15(6-10-17)19(23)24-12-18(22)21-16-7-3-14(11-20)4-8-16/h3-10,13H,12H2,1-2H3,(H,21,22). The molecule has 0 spiro atoms. The first-order valence-corrected chi connectivity index (χ1v) is 7.72. The summed E-state index contributed by atoms with van der Waals surface area (Å²) >= 11 is 0. The Kier molecular flexibility index (Phi) is 6.13. The van der Waals surface area contributed by atoms with Crippen LogP contribution in [0.2, 0.25) is 0 Å². The maximum absolute atomic E-state index is 11.9. The molecule has 1 amide bonds. The van der Waals surface area contributed by atoms with Crippen molar-refractivity contribution in [1.82, 2.24) is 0 Å². The first-order valence-electron chi connectivity index (χ1n) is 7.72. The number of esters is 1. The van der Waals surface area contributed by atoms with Crippen LogP contribution in [0.15, 0.2) is 48.5 Å². The van der Waals surface area contributed by atoms with Crippen LogP contribution < -0.4 is 10.1 Å². The molecule has 0 aliphatic carbocycles. The van der Waals surface area contributed by atoms with E-state index in [2.05, 4.69) is 5.32 Å². The van der Waals surface area contributed by atoms with Gasteiger partial charge in [0.1, 0.15) is 5.75 Å². The molecule has 0 saturated carbocycles. The zero-order valence-corrected chi connectivity index (χ0v) is 14.0. The van der Waals surface area contributed by atoms with Crippen molar-refractivity contribution in [2.24, 2.45) is 0 Å². The second kappa shape index (κ2) is 8.50. The largest absolute Gasteiger partial charge is 0.491 e. The van der Waals surface area contributed by atoms with Crippen molar-refractivity contribution in [3.05, 3.63) is 59.7 Å².